The topological polar surface area (TPSA) is 53.8 Å². The molecule has 0 radical (unpaired) electrons. The fourth-order valence-electron chi connectivity index (χ4n) is 4.18. The van der Waals surface area contributed by atoms with Crippen molar-refractivity contribution in [3.63, 3.8) is 0 Å². The van der Waals surface area contributed by atoms with Crippen LogP contribution < -0.4 is 4.90 Å². The predicted octanol–water partition coefficient (Wildman–Crippen LogP) is 2.01. The molecule has 2 saturated heterocycles. The monoisotopic (exact) mass is 356 g/mol. The zero-order chi connectivity index (χ0) is 18.1. The summed E-state index contributed by atoms with van der Waals surface area (Å²) in [6.07, 6.45) is 5.98. The number of hydrogen-bond acceptors (Lipinski definition) is 5. The van der Waals surface area contributed by atoms with Crippen molar-refractivity contribution in [3.05, 3.63) is 36.7 Å². The molecule has 1 N–H and O–H groups in total. The number of anilines is 1. The highest BCUT2D eigenvalue weighted by Gasteiger charge is 2.38. The minimum Gasteiger partial charge on any atom is -0.396 e. The van der Waals surface area contributed by atoms with Gasteiger partial charge in [0.05, 0.1) is 12.7 Å². The normalized spacial score (nSPS) is 26.0. The van der Waals surface area contributed by atoms with Crippen molar-refractivity contribution in [2.75, 3.05) is 45.3 Å². The number of aliphatic hydroxyl groups is 1. The van der Waals surface area contributed by atoms with Gasteiger partial charge in [-0.05, 0) is 37.1 Å². The summed E-state index contributed by atoms with van der Waals surface area (Å²) in [4.78, 5) is 9.26. The molecule has 3 atom stereocenters. The van der Waals surface area contributed by atoms with E-state index in [2.05, 4.69) is 63.9 Å². The number of morpholine rings is 1. The Morgan fingerprint density at radius 1 is 1.19 bits per heavy atom. The second kappa shape index (κ2) is 7.39. The molecule has 2 aliphatic heterocycles. The van der Waals surface area contributed by atoms with Crippen LogP contribution in [0.25, 0.3) is 11.4 Å². The molecule has 2 fully saturated rings. The van der Waals surface area contributed by atoms with Gasteiger partial charge in [-0.3, -0.25) is 4.90 Å². The van der Waals surface area contributed by atoms with Crippen LogP contribution in [0.5, 0.6) is 0 Å². The number of nitrogens with zero attached hydrogens (tertiary/aromatic N) is 4. The first-order chi connectivity index (χ1) is 12.7. The molecule has 3 heterocycles. The van der Waals surface area contributed by atoms with Gasteiger partial charge in [0, 0.05) is 69.5 Å². The van der Waals surface area contributed by atoms with Crippen molar-refractivity contribution in [3.8, 4) is 11.4 Å². The zero-order valence-electron chi connectivity index (χ0n) is 15.6. The molecule has 1 aromatic heterocycles. The van der Waals surface area contributed by atoms with E-state index in [9.17, 15) is 0 Å². The highest BCUT2D eigenvalue weighted by atomic mass is 16.5. The molecule has 0 amide bonds. The minimum absolute atomic E-state index is 0.163. The SMILES string of the molecule is CN(C)c1ccc(-c2nccn2[C@@H]2C[C@H]3CO[C@@H](CCO)CN3C2)cc1. The van der Waals surface area contributed by atoms with E-state index in [0.717, 1.165) is 43.9 Å². The van der Waals surface area contributed by atoms with E-state index in [1.54, 1.807) is 0 Å². The summed E-state index contributed by atoms with van der Waals surface area (Å²) in [5, 5.41) is 9.16. The predicted molar refractivity (Wildman–Crippen MR) is 102 cm³/mol. The number of fused-ring (bicyclic) bond motifs is 1. The molecule has 4 rings (SSSR count). The molecule has 0 saturated carbocycles. The Kier molecular flexibility index (Phi) is 4.98. The lowest BCUT2D eigenvalue weighted by Crippen LogP contribution is -2.46. The van der Waals surface area contributed by atoms with Gasteiger partial charge in [-0.15, -0.1) is 0 Å². The number of imidazole rings is 1. The van der Waals surface area contributed by atoms with Gasteiger partial charge in [-0.25, -0.2) is 4.98 Å². The Hall–Kier alpha value is -1.89. The van der Waals surface area contributed by atoms with Gasteiger partial charge in [-0.1, -0.05) is 0 Å². The van der Waals surface area contributed by atoms with Crippen LogP contribution in [-0.2, 0) is 4.74 Å². The Morgan fingerprint density at radius 3 is 2.73 bits per heavy atom. The molecule has 1 aromatic carbocycles. The number of aliphatic hydroxyl groups excluding tert-OH is 1. The van der Waals surface area contributed by atoms with Gasteiger partial charge >= 0.3 is 0 Å². The van der Waals surface area contributed by atoms with Crippen molar-refractivity contribution in [2.24, 2.45) is 0 Å². The molecule has 0 aliphatic carbocycles. The first-order valence-corrected chi connectivity index (χ1v) is 9.43. The summed E-state index contributed by atoms with van der Waals surface area (Å²) in [7, 11) is 4.10. The summed E-state index contributed by atoms with van der Waals surface area (Å²) < 4.78 is 8.24. The molecule has 0 bridgehead atoms. The smallest absolute Gasteiger partial charge is 0.140 e. The Morgan fingerprint density at radius 2 is 2.00 bits per heavy atom. The summed E-state index contributed by atoms with van der Waals surface area (Å²) in [6.45, 7) is 2.91. The average Bonchev–Trinajstić information content (AvgIpc) is 3.28. The van der Waals surface area contributed by atoms with E-state index in [0.29, 0.717) is 12.1 Å². The van der Waals surface area contributed by atoms with Gasteiger partial charge in [-0.2, -0.15) is 0 Å². The average molecular weight is 356 g/mol. The first kappa shape index (κ1) is 17.5. The second-order valence-corrected chi connectivity index (χ2v) is 7.56. The van der Waals surface area contributed by atoms with Gasteiger partial charge in [0.2, 0.25) is 0 Å². The Bertz CT molecular complexity index is 728. The number of ether oxygens (including phenoxy) is 1. The van der Waals surface area contributed by atoms with Crippen molar-refractivity contribution in [1.82, 2.24) is 14.5 Å². The molecule has 26 heavy (non-hydrogen) atoms. The van der Waals surface area contributed by atoms with Crippen LogP contribution >= 0.6 is 0 Å². The van der Waals surface area contributed by atoms with Crippen molar-refractivity contribution in [2.45, 2.75) is 31.0 Å². The van der Waals surface area contributed by atoms with Crippen LogP contribution in [0.3, 0.4) is 0 Å². The fraction of sp³-hybridized carbons (Fsp3) is 0.550. The van der Waals surface area contributed by atoms with Crippen LogP contribution in [0.2, 0.25) is 0 Å². The van der Waals surface area contributed by atoms with E-state index < -0.39 is 0 Å². The maximum atomic E-state index is 9.16. The van der Waals surface area contributed by atoms with Crippen LogP contribution in [0.4, 0.5) is 5.69 Å². The molecule has 6 heteroatoms. The quantitative estimate of drug-likeness (QED) is 0.888. The number of aromatic nitrogens is 2. The Balaban J connectivity index is 1.51. The van der Waals surface area contributed by atoms with E-state index >= 15 is 0 Å². The lowest BCUT2D eigenvalue weighted by molar-refractivity contribution is -0.0567. The molecule has 0 spiro atoms. The molecule has 2 aromatic rings. The third-order valence-corrected chi connectivity index (χ3v) is 5.62. The third kappa shape index (κ3) is 3.37. The van der Waals surface area contributed by atoms with Gasteiger partial charge in [0.1, 0.15) is 5.82 Å². The van der Waals surface area contributed by atoms with Gasteiger partial charge in [0.15, 0.2) is 0 Å². The van der Waals surface area contributed by atoms with E-state index in [1.165, 1.54) is 5.69 Å². The summed E-state index contributed by atoms with van der Waals surface area (Å²) in [5.74, 6) is 1.04. The number of benzene rings is 1. The van der Waals surface area contributed by atoms with Crippen molar-refractivity contribution >= 4 is 5.69 Å². The van der Waals surface area contributed by atoms with E-state index in [4.69, 9.17) is 9.84 Å². The molecule has 0 unspecified atom stereocenters. The largest absolute Gasteiger partial charge is 0.396 e. The molecule has 2 aliphatic rings. The zero-order valence-corrected chi connectivity index (χ0v) is 15.6. The lowest BCUT2D eigenvalue weighted by atomic mass is 10.1. The first-order valence-electron chi connectivity index (χ1n) is 9.43. The highest BCUT2D eigenvalue weighted by molar-refractivity contribution is 5.60. The van der Waals surface area contributed by atoms with Crippen LogP contribution in [0.15, 0.2) is 36.7 Å². The van der Waals surface area contributed by atoms with Crippen LogP contribution in [-0.4, -0.2) is 72.1 Å². The highest BCUT2D eigenvalue weighted by Crippen LogP contribution is 2.34. The number of rotatable bonds is 5. The van der Waals surface area contributed by atoms with Crippen molar-refractivity contribution in [1.29, 1.82) is 0 Å². The molecule has 6 nitrogen and oxygen atoms in total. The van der Waals surface area contributed by atoms with Gasteiger partial charge < -0.3 is 19.3 Å². The molecular weight excluding hydrogens is 328 g/mol. The summed E-state index contributed by atoms with van der Waals surface area (Å²) >= 11 is 0. The maximum Gasteiger partial charge on any atom is 0.140 e. The lowest BCUT2D eigenvalue weighted by Gasteiger charge is -2.34. The maximum absolute atomic E-state index is 9.16. The van der Waals surface area contributed by atoms with Crippen molar-refractivity contribution < 1.29 is 9.84 Å². The fourth-order valence-corrected chi connectivity index (χ4v) is 4.18. The summed E-state index contributed by atoms with van der Waals surface area (Å²) in [6, 6.07) is 9.47. The van der Waals surface area contributed by atoms with Crippen LogP contribution in [0.1, 0.15) is 18.9 Å². The summed E-state index contributed by atoms with van der Waals surface area (Å²) in [5.41, 5.74) is 2.34. The number of hydrogen-bond donors (Lipinski definition) is 1. The minimum atomic E-state index is 0.163. The molecular formula is C20H28N4O2. The second-order valence-electron chi connectivity index (χ2n) is 7.56. The van der Waals surface area contributed by atoms with E-state index in [1.807, 2.05) is 6.20 Å². The Labute approximate surface area is 155 Å². The van der Waals surface area contributed by atoms with Crippen LogP contribution in [0, 0.1) is 0 Å². The third-order valence-electron chi connectivity index (χ3n) is 5.62. The standard InChI is InChI=1S/C20H28N4O2/c1-22(2)16-5-3-15(4-6-16)20-21-8-9-24(20)17-11-18-14-26-19(7-10-25)13-23(18)12-17/h3-6,8-9,17-19,25H,7,10-14H2,1-2H3/t17-,18+,19+/m1/s1. The molecule has 140 valence electrons. The van der Waals surface area contributed by atoms with E-state index in [-0.39, 0.29) is 12.7 Å². The van der Waals surface area contributed by atoms with Gasteiger partial charge in [0.25, 0.3) is 0 Å².